The number of piperazine rings is 1. The first-order valence-corrected chi connectivity index (χ1v) is 9.94. The number of likely N-dealkylation sites (N-methyl/N-ethyl adjacent to an activating group) is 1. The smallest absolute Gasteiger partial charge is 0.387 e. The molecule has 1 aliphatic heterocycles. The number of nitrogens with zero attached hydrogens (tertiary/aromatic N) is 3. The molecule has 0 bridgehead atoms. The number of guanidine groups is 1. The van der Waals surface area contributed by atoms with E-state index < -0.39 is 6.61 Å². The molecule has 1 aromatic rings. The van der Waals surface area contributed by atoms with Crippen molar-refractivity contribution in [1.82, 2.24) is 20.4 Å². The highest BCUT2D eigenvalue weighted by Crippen LogP contribution is 2.24. The molecule has 2 rings (SSSR count). The van der Waals surface area contributed by atoms with Gasteiger partial charge in [-0.05, 0) is 44.6 Å². The van der Waals surface area contributed by atoms with Gasteiger partial charge >= 0.3 is 6.61 Å². The Labute approximate surface area is 194 Å². The van der Waals surface area contributed by atoms with Crippen LogP contribution in [0.2, 0.25) is 5.02 Å². The van der Waals surface area contributed by atoms with Crippen LogP contribution in [0.1, 0.15) is 18.4 Å². The SMILES string of the molecule is CN=C(NCCCCN1CCN(C)CC1)NCc1cc(Cl)ccc1OC(F)F.I. The van der Waals surface area contributed by atoms with Crippen LogP contribution >= 0.6 is 35.6 Å². The minimum atomic E-state index is -2.88. The summed E-state index contributed by atoms with van der Waals surface area (Å²) < 4.78 is 29.6. The minimum absolute atomic E-state index is 0. The lowest BCUT2D eigenvalue weighted by molar-refractivity contribution is -0.0504. The number of ether oxygens (including phenoxy) is 1. The predicted octanol–water partition coefficient (Wildman–Crippen LogP) is 3.25. The van der Waals surface area contributed by atoms with Crippen LogP contribution < -0.4 is 15.4 Å². The summed E-state index contributed by atoms with van der Waals surface area (Å²) in [6.45, 7) is 3.85. The third-order valence-corrected chi connectivity index (χ3v) is 4.93. The van der Waals surface area contributed by atoms with E-state index in [2.05, 4.69) is 37.2 Å². The first kappa shape index (κ1) is 26.1. The Morgan fingerprint density at radius 3 is 2.59 bits per heavy atom. The fourth-order valence-electron chi connectivity index (χ4n) is 3.04. The molecule has 0 amide bonds. The summed E-state index contributed by atoms with van der Waals surface area (Å²) in [6, 6.07) is 4.58. The minimum Gasteiger partial charge on any atom is -0.434 e. The molecule has 0 spiro atoms. The van der Waals surface area contributed by atoms with E-state index in [-0.39, 0.29) is 36.3 Å². The maximum Gasteiger partial charge on any atom is 0.387 e. The van der Waals surface area contributed by atoms with Crippen LogP contribution in [-0.4, -0.2) is 75.7 Å². The maximum absolute atomic E-state index is 12.5. The topological polar surface area (TPSA) is 52.1 Å². The number of hydrogen-bond donors (Lipinski definition) is 2. The van der Waals surface area contributed by atoms with Crippen LogP contribution in [0.25, 0.3) is 0 Å². The van der Waals surface area contributed by atoms with Crippen LogP contribution in [0.4, 0.5) is 8.78 Å². The molecule has 0 saturated carbocycles. The Morgan fingerprint density at radius 1 is 1.21 bits per heavy atom. The Bertz CT molecular complexity index is 631. The molecule has 0 atom stereocenters. The molecule has 29 heavy (non-hydrogen) atoms. The van der Waals surface area contributed by atoms with Crippen molar-refractivity contribution in [2.24, 2.45) is 4.99 Å². The molecule has 1 aromatic carbocycles. The molecule has 0 aliphatic carbocycles. The van der Waals surface area contributed by atoms with Crippen molar-refractivity contribution in [3.63, 3.8) is 0 Å². The van der Waals surface area contributed by atoms with Crippen molar-refractivity contribution < 1.29 is 13.5 Å². The maximum atomic E-state index is 12.5. The zero-order valence-corrected chi connectivity index (χ0v) is 20.1. The summed E-state index contributed by atoms with van der Waals surface area (Å²) in [6.07, 6.45) is 2.15. The van der Waals surface area contributed by atoms with Crippen molar-refractivity contribution in [2.75, 3.05) is 53.4 Å². The Kier molecular flexibility index (Phi) is 12.8. The van der Waals surface area contributed by atoms with E-state index in [9.17, 15) is 8.78 Å². The molecule has 1 saturated heterocycles. The summed E-state index contributed by atoms with van der Waals surface area (Å²) in [5.74, 6) is 0.720. The van der Waals surface area contributed by atoms with Gasteiger partial charge in [0.1, 0.15) is 5.75 Å². The standard InChI is InChI=1S/C19H30ClF2N5O.HI/c1-23-19(24-7-3-4-8-27-11-9-26(2)10-12-27)25-14-15-13-16(20)5-6-17(15)28-18(21)22;/h5-6,13,18H,3-4,7-12,14H2,1-2H3,(H2,23,24,25);1H. The third-order valence-electron chi connectivity index (χ3n) is 4.70. The highest BCUT2D eigenvalue weighted by Gasteiger charge is 2.13. The fraction of sp³-hybridized carbons (Fsp3) is 0.632. The van der Waals surface area contributed by atoms with Crippen LogP contribution in [0.3, 0.4) is 0 Å². The van der Waals surface area contributed by atoms with E-state index in [4.69, 9.17) is 11.6 Å². The van der Waals surface area contributed by atoms with Crippen LogP contribution in [0.5, 0.6) is 5.75 Å². The average molecular weight is 546 g/mol. The second-order valence-electron chi connectivity index (χ2n) is 6.84. The van der Waals surface area contributed by atoms with Gasteiger partial charge in [-0.2, -0.15) is 8.78 Å². The van der Waals surface area contributed by atoms with E-state index in [1.54, 1.807) is 13.1 Å². The van der Waals surface area contributed by atoms with Crippen LogP contribution in [0, 0.1) is 0 Å². The lowest BCUT2D eigenvalue weighted by atomic mass is 10.2. The Balaban J connectivity index is 0.00000420. The first-order valence-electron chi connectivity index (χ1n) is 9.56. The summed E-state index contributed by atoms with van der Waals surface area (Å²) >= 11 is 5.97. The van der Waals surface area contributed by atoms with Crippen molar-refractivity contribution >= 4 is 41.5 Å². The Morgan fingerprint density at radius 2 is 1.93 bits per heavy atom. The van der Waals surface area contributed by atoms with Gasteiger partial charge in [-0.3, -0.25) is 4.99 Å². The average Bonchev–Trinajstić information content (AvgIpc) is 2.67. The number of hydrogen-bond acceptors (Lipinski definition) is 4. The number of aliphatic imine (C=N–C) groups is 1. The molecular formula is C19H31ClF2IN5O. The predicted molar refractivity (Wildman–Crippen MR) is 125 cm³/mol. The summed E-state index contributed by atoms with van der Waals surface area (Å²) in [4.78, 5) is 9.02. The number of benzene rings is 1. The lowest BCUT2D eigenvalue weighted by Crippen LogP contribution is -2.44. The van der Waals surface area contributed by atoms with Crippen molar-refractivity contribution in [3.05, 3.63) is 28.8 Å². The fourth-order valence-corrected chi connectivity index (χ4v) is 3.23. The molecule has 1 aliphatic rings. The quantitative estimate of drug-likeness (QED) is 0.216. The van der Waals surface area contributed by atoms with Gasteiger partial charge in [0.25, 0.3) is 0 Å². The number of nitrogens with one attached hydrogen (secondary N) is 2. The van der Waals surface area contributed by atoms with Gasteiger partial charge < -0.3 is 25.2 Å². The third kappa shape index (κ3) is 10.1. The van der Waals surface area contributed by atoms with E-state index in [1.165, 1.54) is 12.1 Å². The monoisotopic (exact) mass is 545 g/mol. The zero-order chi connectivity index (χ0) is 20.4. The second-order valence-corrected chi connectivity index (χ2v) is 7.27. The highest BCUT2D eigenvalue weighted by atomic mass is 127. The molecule has 1 heterocycles. The van der Waals surface area contributed by atoms with E-state index in [0.717, 1.165) is 52.1 Å². The van der Waals surface area contributed by atoms with Crippen molar-refractivity contribution in [1.29, 1.82) is 0 Å². The Hall–Kier alpha value is -0.910. The number of rotatable bonds is 9. The molecule has 0 aromatic heterocycles. The van der Waals surface area contributed by atoms with Gasteiger partial charge in [0, 0.05) is 56.9 Å². The number of alkyl halides is 2. The van der Waals surface area contributed by atoms with Gasteiger partial charge in [-0.15, -0.1) is 24.0 Å². The van der Waals surface area contributed by atoms with Crippen LogP contribution in [0.15, 0.2) is 23.2 Å². The molecule has 166 valence electrons. The molecular weight excluding hydrogens is 515 g/mol. The highest BCUT2D eigenvalue weighted by molar-refractivity contribution is 14.0. The normalized spacial score (nSPS) is 15.9. The van der Waals surface area contributed by atoms with Gasteiger partial charge in [0.15, 0.2) is 5.96 Å². The summed E-state index contributed by atoms with van der Waals surface area (Å²) in [5.41, 5.74) is 0.547. The van der Waals surface area contributed by atoms with Crippen LogP contribution in [-0.2, 0) is 6.54 Å². The van der Waals surface area contributed by atoms with Gasteiger partial charge in [-0.25, -0.2) is 0 Å². The van der Waals surface area contributed by atoms with E-state index in [0.29, 0.717) is 16.5 Å². The number of unbranched alkanes of at least 4 members (excludes halogenated alkanes) is 1. The molecule has 0 unspecified atom stereocenters. The van der Waals surface area contributed by atoms with Gasteiger partial charge in [0.05, 0.1) is 0 Å². The largest absolute Gasteiger partial charge is 0.434 e. The van der Waals surface area contributed by atoms with Gasteiger partial charge in [-0.1, -0.05) is 11.6 Å². The van der Waals surface area contributed by atoms with E-state index >= 15 is 0 Å². The van der Waals surface area contributed by atoms with Gasteiger partial charge in [0.2, 0.25) is 0 Å². The summed E-state index contributed by atoms with van der Waals surface area (Å²) in [7, 11) is 3.83. The van der Waals surface area contributed by atoms with Crippen molar-refractivity contribution in [2.45, 2.75) is 26.0 Å². The molecule has 1 fully saturated rings. The zero-order valence-electron chi connectivity index (χ0n) is 17.0. The molecule has 2 N–H and O–H groups in total. The number of halogens is 4. The first-order chi connectivity index (χ1) is 13.5. The molecule has 10 heteroatoms. The molecule has 0 radical (unpaired) electrons. The second kappa shape index (κ2) is 14.2. The lowest BCUT2D eigenvalue weighted by Gasteiger charge is -2.32. The summed E-state index contributed by atoms with van der Waals surface area (Å²) in [5, 5.41) is 6.82. The van der Waals surface area contributed by atoms with E-state index in [1.807, 2.05) is 0 Å². The molecule has 6 nitrogen and oxygen atoms in total. The van der Waals surface area contributed by atoms with Crippen molar-refractivity contribution in [3.8, 4) is 5.75 Å².